The van der Waals surface area contributed by atoms with Gasteiger partial charge in [0, 0.05) is 25.3 Å². The fourth-order valence-corrected chi connectivity index (χ4v) is 4.15. The van der Waals surface area contributed by atoms with Crippen molar-refractivity contribution < 1.29 is 18.4 Å². The van der Waals surface area contributed by atoms with Crippen LogP contribution in [0, 0.1) is 0 Å². The molecular weight excluding hydrogens is 418 g/mol. The fourth-order valence-electron chi connectivity index (χ4n) is 4.15. The predicted octanol–water partition coefficient (Wildman–Crippen LogP) is 5.56. The van der Waals surface area contributed by atoms with E-state index in [9.17, 15) is 9.59 Å². The number of nitrogens with one attached hydrogen (secondary N) is 1. The minimum atomic E-state index is -0.345. The molecule has 1 aromatic carbocycles. The zero-order valence-electron chi connectivity index (χ0n) is 19.1. The third-order valence-electron chi connectivity index (χ3n) is 5.92. The molecule has 7 heteroatoms. The number of likely N-dealkylation sites (tertiary alicyclic amines) is 1. The van der Waals surface area contributed by atoms with Crippen LogP contribution >= 0.6 is 0 Å². The van der Waals surface area contributed by atoms with Crippen molar-refractivity contribution in [2.24, 2.45) is 0 Å². The smallest absolute Gasteiger partial charge is 0.291 e. The second kappa shape index (κ2) is 10.9. The number of carbonyl (C=O) groups is 2. The van der Waals surface area contributed by atoms with Gasteiger partial charge in [0.2, 0.25) is 0 Å². The number of rotatable bonds is 9. The molecule has 2 amide bonds. The molecule has 3 heterocycles. The van der Waals surface area contributed by atoms with Crippen LogP contribution in [-0.2, 0) is 6.54 Å². The lowest BCUT2D eigenvalue weighted by Gasteiger charge is -2.31. The van der Waals surface area contributed by atoms with E-state index >= 15 is 0 Å². The molecule has 0 spiro atoms. The Hall–Kier alpha value is -3.48. The van der Waals surface area contributed by atoms with Crippen LogP contribution in [0.5, 0.6) is 0 Å². The van der Waals surface area contributed by atoms with Gasteiger partial charge in [-0.3, -0.25) is 9.59 Å². The molecule has 1 aliphatic rings. The van der Waals surface area contributed by atoms with Gasteiger partial charge >= 0.3 is 0 Å². The highest BCUT2D eigenvalue weighted by atomic mass is 16.3. The number of carbonyl (C=O) groups excluding carboxylic acids is 2. The number of hydrogen-bond acceptors (Lipinski definition) is 5. The van der Waals surface area contributed by atoms with Crippen LogP contribution < -0.4 is 10.2 Å². The van der Waals surface area contributed by atoms with Crippen LogP contribution in [0.25, 0.3) is 0 Å². The van der Waals surface area contributed by atoms with Crippen molar-refractivity contribution >= 4 is 23.2 Å². The van der Waals surface area contributed by atoms with Crippen molar-refractivity contribution in [3.05, 3.63) is 72.1 Å². The maximum Gasteiger partial charge on any atom is 0.291 e. The summed E-state index contributed by atoms with van der Waals surface area (Å²) in [6.07, 6.45) is 8.35. The van der Waals surface area contributed by atoms with Crippen molar-refractivity contribution in [2.45, 2.75) is 45.6 Å². The molecule has 3 aromatic rings. The van der Waals surface area contributed by atoms with Crippen molar-refractivity contribution in [1.82, 2.24) is 4.90 Å². The highest BCUT2D eigenvalue weighted by molar-refractivity contribution is 6.05. The average molecular weight is 450 g/mol. The van der Waals surface area contributed by atoms with Gasteiger partial charge in [0.25, 0.3) is 11.8 Å². The standard InChI is InChI=1S/C26H31N3O4/c1-2-3-13-29(19-21-9-7-16-32-21)23-12-11-20(27-25(30)24-10-8-17-33-24)18-22(23)26(31)28-14-5-4-6-15-28/h7-12,16-18H,2-6,13-15,19H2,1H3,(H,27,30). The first kappa shape index (κ1) is 22.7. The Balaban J connectivity index is 1.67. The van der Waals surface area contributed by atoms with Gasteiger partial charge in [-0.15, -0.1) is 0 Å². The summed E-state index contributed by atoms with van der Waals surface area (Å²) in [5.74, 6) is 0.727. The molecule has 1 saturated heterocycles. The molecule has 0 radical (unpaired) electrons. The molecule has 1 fully saturated rings. The van der Waals surface area contributed by atoms with Crippen molar-refractivity contribution in [2.75, 3.05) is 29.9 Å². The molecule has 7 nitrogen and oxygen atoms in total. The monoisotopic (exact) mass is 449 g/mol. The van der Waals surface area contributed by atoms with E-state index in [0.29, 0.717) is 17.8 Å². The van der Waals surface area contributed by atoms with E-state index in [1.807, 2.05) is 29.2 Å². The normalized spacial score (nSPS) is 13.7. The van der Waals surface area contributed by atoms with Gasteiger partial charge in [-0.25, -0.2) is 0 Å². The van der Waals surface area contributed by atoms with Crippen molar-refractivity contribution in [3.63, 3.8) is 0 Å². The zero-order chi connectivity index (χ0) is 23.0. The molecule has 0 saturated carbocycles. The predicted molar refractivity (Wildman–Crippen MR) is 128 cm³/mol. The first-order chi connectivity index (χ1) is 16.2. The summed E-state index contributed by atoms with van der Waals surface area (Å²) in [6.45, 7) is 5.04. The maximum absolute atomic E-state index is 13.6. The quantitative estimate of drug-likeness (QED) is 0.463. The molecule has 33 heavy (non-hydrogen) atoms. The SMILES string of the molecule is CCCCN(Cc1ccco1)c1ccc(NC(=O)c2ccco2)cc1C(=O)N1CCCCC1. The number of unbranched alkanes of at least 4 members (excludes halogenated alkanes) is 1. The highest BCUT2D eigenvalue weighted by Crippen LogP contribution is 2.29. The van der Waals surface area contributed by atoms with Crippen LogP contribution in [0.2, 0.25) is 0 Å². The summed E-state index contributed by atoms with van der Waals surface area (Å²) < 4.78 is 10.8. The van der Waals surface area contributed by atoms with Crippen LogP contribution in [0.1, 0.15) is 65.7 Å². The highest BCUT2D eigenvalue weighted by Gasteiger charge is 2.24. The van der Waals surface area contributed by atoms with Crippen LogP contribution in [0.3, 0.4) is 0 Å². The lowest BCUT2D eigenvalue weighted by molar-refractivity contribution is 0.0724. The third kappa shape index (κ3) is 5.66. The van der Waals surface area contributed by atoms with Crippen molar-refractivity contribution in [3.8, 4) is 0 Å². The minimum absolute atomic E-state index is 0.000240. The Morgan fingerprint density at radius 3 is 2.52 bits per heavy atom. The van der Waals surface area contributed by atoms with Gasteiger partial charge in [-0.2, -0.15) is 0 Å². The topological polar surface area (TPSA) is 78.9 Å². The molecule has 0 bridgehead atoms. The van der Waals surface area contributed by atoms with E-state index in [1.54, 1.807) is 24.5 Å². The lowest BCUT2D eigenvalue weighted by Crippen LogP contribution is -2.37. The molecule has 4 rings (SSSR count). The molecule has 1 aliphatic heterocycles. The Bertz CT molecular complexity index is 1040. The number of nitrogens with zero attached hydrogens (tertiary/aromatic N) is 2. The number of furan rings is 2. The Morgan fingerprint density at radius 2 is 1.82 bits per heavy atom. The number of hydrogen-bond donors (Lipinski definition) is 1. The molecule has 2 aromatic heterocycles. The number of piperidine rings is 1. The van der Waals surface area contributed by atoms with E-state index in [2.05, 4.69) is 17.1 Å². The number of amides is 2. The zero-order valence-corrected chi connectivity index (χ0v) is 19.1. The fraction of sp³-hybridized carbons (Fsp3) is 0.385. The van der Waals surface area contributed by atoms with Crippen LogP contribution in [-0.4, -0.2) is 36.3 Å². The summed E-state index contributed by atoms with van der Waals surface area (Å²) in [5, 5.41) is 2.86. The first-order valence-corrected chi connectivity index (χ1v) is 11.7. The minimum Gasteiger partial charge on any atom is -0.467 e. The van der Waals surface area contributed by atoms with Crippen molar-refractivity contribution in [1.29, 1.82) is 0 Å². The van der Waals surface area contributed by atoms with Crippen LogP contribution in [0.4, 0.5) is 11.4 Å². The van der Waals surface area contributed by atoms with E-state index in [4.69, 9.17) is 8.83 Å². The second-order valence-corrected chi connectivity index (χ2v) is 8.37. The summed E-state index contributed by atoms with van der Waals surface area (Å²) in [5.41, 5.74) is 2.01. The summed E-state index contributed by atoms with van der Waals surface area (Å²) in [4.78, 5) is 30.2. The van der Waals surface area contributed by atoms with E-state index in [0.717, 1.165) is 63.2 Å². The Kier molecular flexibility index (Phi) is 7.50. The van der Waals surface area contributed by atoms with Crippen LogP contribution in [0.15, 0.2) is 63.8 Å². The molecule has 1 N–H and O–H groups in total. The largest absolute Gasteiger partial charge is 0.467 e. The van der Waals surface area contributed by atoms with E-state index in [-0.39, 0.29) is 17.6 Å². The third-order valence-corrected chi connectivity index (χ3v) is 5.92. The number of benzene rings is 1. The number of anilines is 2. The average Bonchev–Trinajstić information content (AvgIpc) is 3.56. The van der Waals surface area contributed by atoms with Gasteiger partial charge in [-0.1, -0.05) is 13.3 Å². The molecular formula is C26H31N3O4. The van der Waals surface area contributed by atoms with Gasteiger partial charge < -0.3 is 24.0 Å². The molecule has 174 valence electrons. The maximum atomic E-state index is 13.6. The first-order valence-electron chi connectivity index (χ1n) is 11.7. The Morgan fingerprint density at radius 1 is 1.03 bits per heavy atom. The lowest BCUT2D eigenvalue weighted by atomic mass is 10.1. The summed E-state index contributed by atoms with van der Waals surface area (Å²) in [7, 11) is 0. The molecule has 0 atom stereocenters. The molecule has 0 aliphatic carbocycles. The van der Waals surface area contributed by atoms with E-state index in [1.165, 1.54) is 6.26 Å². The summed E-state index contributed by atoms with van der Waals surface area (Å²) in [6, 6.07) is 12.7. The molecule has 0 unspecified atom stereocenters. The Labute approximate surface area is 194 Å². The van der Waals surface area contributed by atoms with E-state index < -0.39 is 0 Å². The van der Waals surface area contributed by atoms with Gasteiger partial charge in [0.1, 0.15) is 5.76 Å². The van der Waals surface area contributed by atoms with Gasteiger partial charge in [-0.05, 0) is 68.1 Å². The van der Waals surface area contributed by atoms with Gasteiger partial charge in [0.05, 0.1) is 30.3 Å². The van der Waals surface area contributed by atoms with Gasteiger partial charge in [0.15, 0.2) is 5.76 Å². The second-order valence-electron chi connectivity index (χ2n) is 8.37. The summed E-state index contributed by atoms with van der Waals surface area (Å²) >= 11 is 0.